The van der Waals surface area contributed by atoms with Gasteiger partial charge in [-0.2, -0.15) is 0 Å². The van der Waals surface area contributed by atoms with E-state index in [9.17, 15) is 14.7 Å². The minimum atomic E-state index is -0.815. The van der Waals surface area contributed by atoms with Gasteiger partial charge in [-0.25, -0.2) is 0 Å². The molecule has 0 aliphatic heterocycles. The Morgan fingerprint density at radius 2 is 0.526 bits per heavy atom. The zero-order valence-corrected chi connectivity index (χ0v) is 49.3. The summed E-state index contributed by atoms with van der Waals surface area (Å²) in [6.07, 6.45) is 107. The highest BCUT2D eigenvalue weighted by molar-refractivity contribution is 5.70. The predicted molar refractivity (Wildman–Crippen MR) is 342 cm³/mol. The van der Waals surface area contributed by atoms with Crippen molar-refractivity contribution < 1.29 is 24.2 Å². The molecule has 0 aromatic carbocycles. The molecule has 0 aromatic rings. The quantitative estimate of drug-likeness (QED) is 0.0373. The van der Waals surface area contributed by atoms with Crippen molar-refractivity contribution in [1.82, 2.24) is 0 Å². The molecule has 0 aliphatic carbocycles. The largest absolute Gasteiger partial charge is 0.462 e. The number of hydrogen-bond donors (Lipinski definition) is 1. The van der Waals surface area contributed by atoms with Gasteiger partial charge in [-0.3, -0.25) is 9.59 Å². The summed E-state index contributed by atoms with van der Waals surface area (Å²) in [5.41, 5.74) is 0. The first-order chi connectivity index (χ1) is 38.6. The van der Waals surface area contributed by atoms with E-state index in [0.29, 0.717) is 19.3 Å². The maximum atomic E-state index is 12.3. The molecule has 0 bridgehead atoms. The van der Waals surface area contributed by atoms with Gasteiger partial charge in [0.1, 0.15) is 6.61 Å². The van der Waals surface area contributed by atoms with Crippen LogP contribution in [-0.4, -0.2) is 36.4 Å². The van der Waals surface area contributed by atoms with E-state index in [2.05, 4.69) is 220 Å². The Morgan fingerprint density at radius 1 is 0.295 bits per heavy atom. The van der Waals surface area contributed by atoms with Crippen LogP contribution in [0.3, 0.4) is 0 Å². The van der Waals surface area contributed by atoms with Crippen molar-refractivity contribution in [1.29, 1.82) is 0 Å². The van der Waals surface area contributed by atoms with E-state index < -0.39 is 6.10 Å². The van der Waals surface area contributed by atoms with Crippen LogP contribution in [0, 0.1) is 0 Å². The van der Waals surface area contributed by atoms with Crippen molar-refractivity contribution in [2.24, 2.45) is 0 Å². The Hall–Kier alpha value is -5.52. The summed E-state index contributed by atoms with van der Waals surface area (Å²) in [5, 5.41) is 9.66. The average molecular weight is 1070 g/mol. The second kappa shape index (κ2) is 65.8. The summed E-state index contributed by atoms with van der Waals surface area (Å²) < 4.78 is 10.7. The minimum absolute atomic E-state index is 0.111. The van der Waals surface area contributed by atoms with Gasteiger partial charge in [0.05, 0.1) is 6.61 Å². The van der Waals surface area contributed by atoms with E-state index in [1.807, 2.05) is 0 Å². The molecule has 0 fully saturated rings. The Labute approximate surface area is 479 Å². The number of unbranched alkanes of at least 4 members (excludes halogenated alkanes) is 11. The standard InChI is InChI=1S/C73H110O5/c1-3-5-7-9-11-13-15-17-19-21-23-25-27-28-29-30-31-32-33-34-35-36-37-38-39-40-41-42-43-44-46-48-50-52-54-56-58-60-62-64-66-68-73(76)78-71(69-74)70-77-72(75)67-65-63-61-59-57-55-53-51-49-47-45-26-24-22-20-18-16-14-12-10-8-6-4-2/h5-8,11-14,17-20,23-26,28-29,31-32,34-35,37-38,40-41,43-44,47,49,53,55,59,61,71,74H,3-4,9-10,15-16,21-22,27,30,33,36,39,42,45-46,48,50-52,54,56-58,60,62-70H2,1-2H3/b7-5-,8-6-,13-11-,14-12-,19-17-,20-18-,25-23-,26-24-,29-28-,32-31-,35-34-,38-37-,41-40-,44-43-,49-47-,55-53-,61-59-. The van der Waals surface area contributed by atoms with Gasteiger partial charge in [-0.1, -0.05) is 272 Å². The Bertz CT molecular complexity index is 1880. The molecule has 1 atom stereocenters. The maximum absolute atomic E-state index is 12.3. The zero-order valence-electron chi connectivity index (χ0n) is 49.3. The molecule has 0 aromatic heterocycles. The van der Waals surface area contributed by atoms with Gasteiger partial charge in [0.25, 0.3) is 0 Å². The number of carbonyl (C=O) groups is 2. The van der Waals surface area contributed by atoms with Crippen molar-refractivity contribution in [3.05, 3.63) is 207 Å². The van der Waals surface area contributed by atoms with Gasteiger partial charge in [-0.05, 0) is 141 Å². The van der Waals surface area contributed by atoms with Gasteiger partial charge in [0.15, 0.2) is 6.10 Å². The van der Waals surface area contributed by atoms with Crippen LogP contribution in [0.25, 0.3) is 0 Å². The van der Waals surface area contributed by atoms with Crippen LogP contribution in [0.4, 0.5) is 0 Å². The molecule has 0 radical (unpaired) electrons. The molecule has 0 amide bonds. The third-order valence-electron chi connectivity index (χ3n) is 12.1. The van der Waals surface area contributed by atoms with Crippen LogP contribution in [0.1, 0.15) is 219 Å². The second-order valence-corrected chi connectivity index (χ2v) is 19.3. The lowest BCUT2D eigenvalue weighted by Gasteiger charge is -2.15. The summed E-state index contributed by atoms with van der Waals surface area (Å²) in [4.78, 5) is 24.5. The lowest BCUT2D eigenvalue weighted by molar-refractivity contribution is -0.161. The summed E-state index contributed by atoms with van der Waals surface area (Å²) in [5.74, 6) is -0.681. The zero-order chi connectivity index (χ0) is 56.2. The summed E-state index contributed by atoms with van der Waals surface area (Å²) in [6, 6.07) is 0. The lowest BCUT2D eigenvalue weighted by Crippen LogP contribution is -2.28. The fourth-order valence-corrected chi connectivity index (χ4v) is 7.57. The molecule has 0 aliphatic rings. The second-order valence-electron chi connectivity index (χ2n) is 19.3. The summed E-state index contributed by atoms with van der Waals surface area (Å²) in [7, 11) is 0. The highest BCUT2D eigenvalue weighted by atomic mass is 16.6. The fraction of sp³-hybridized carbons (Fsp3) is 0.507. The third kappa shape index (κ3) is 63.0. The number of esters is 2. The molecule has 0 saturated carbocycles. The van der Waals surface area contributed by atoms with Crippen molar-refractivity contribution in [2.45, 2.75) is 225 Å². The molecule has 0 spiro atoms. The van der Waals surface area contributed by atoms with Crippen molar-refractivity contribution in [3.63, 3.8) is 0 Å². The first kappa shape index (κ1) is 72.5. The van der Waals surface area contributed by atoms with Gasteiger partial charge in [-0.15, -0.1) is 0 Å². The van der Waals surface area contributed by atoms with E-state index in [-0.39, 0.29) is 25.2 Å². The highest BCUT2D eigenvalue weighted by Crippen LogP contribution is 2.13. The number of carbonyl (C=O) groups excluding carboxylic acids is 2. The molecule has 0 heterocycles. The Kier molecular flexibility index (Phi) is 61.1. The SMILES string of the molecule is CC/C=C\C/C=C\C/C=C\C/C=C\C/C=C\C/C=C\C/C=C\C/C=C\C/C=C\C/C=C\CCCCCCCCCCCCC(=O)OC(CO)COC(=O)CCC/C=C\C/C=C\C/C=C\C/C=C\C/C=C\C/C=C\C/C=C\CC. The molecule has 0 rings (SSSR count). The monoisotopic (exact) mass is 1070 g/mol. The normalized spacial score (nSPS) is 13.7. The molecule has 1 unspecified atom stereocenters. The van der Waals surface area contributed by atoms with Crippen molar-refractivity contribution >= 4 is 11.9 Å². The number of rotatable bonds is 53. The molecular formula is C73H110O5. The van der Waals surface area contributed by atoms with Crippen LogP contribution in [0.15, 0.2) is 207 Å². The maximum Gasteiger partial charge on any atom is 0.306 e. The summed E-state index contributed by atoms with van der Waals surface area (Å²) in [6.45, 7) is 3.84. The lowest BCUT2D eigenvalue weighted by atomic mass is 10.0. The molecule has 0 saturated heterocycles. The van der Waals surface area contributed by atoms with Crippen molar-refractivity contribution in [2.75, 3.05) is 13.2 Å². The number of allylic oxidation sites excluding steroid dienone is 34. The van der Waals surface area contributed by atoms with E-state index in [0.717, 1.165) is 141 Å². The first-order valence-corrected chi connectivity index (χ1v) is 30.6. The molecule has 5 heteroatoms. The topological polar surface area (TPSA) is 72.8 Å². The molecule has 78 heavy (non-hydrogen) atoms. The molecule has 432 valence electrons. The number of hydrogen-bond acceptors (Lipinski definition) is 5. The Balaban J connectivity index is 3.67. The third-order valence-corrected chi connectivity index (χ3v) is 12.1. The first-order valence-electron chi connectivity index (χ1n) is 30.6. The minimum Gasteiger partial charge on any atom is -0.462 e. The smallest absolute Gasteiger partial charge is 0.306 e. The molecule has 1 N–H and O–H groups in total. The number of aliphatic hydroxyl groups excluding tert-OH is 1. The van der Waals surface area contributed by atoms with E-state index >= 15 is 0 Å². The molecule has 5 nitrogen and oxygen atoms in total. The summed E-state index contributed by atoms with van der Waals surface area (Å²) >= 11 is 0. The van der Waals surface area contributed by atoms with Gasteiger partial charge >= 0.3 is 11.9 Å². The highest BCUT2D eigenvalue weighted by Gasteiger charge is 2.16. The van der Waals surface area contributed by atoms with Crippen LogP contribution in [0.2, 0.25) is 0 Å². The van der Waals surface area contributed by atoms with Crippen LogP contribution in [0.5, 0.6) is 0 Å². The van der Waals surface area contributed by atoms with Crippen LogP contribution in [-0.2, 0) is 19.1 Å². The van der Waals surface area contributed by atoms with Gasteiger partial charge in [0.2, 0.25) is 0 Å². The van der Waals surface area contributed by atoms with E-state index in [1.165, 1.54) is 44.9 Å². The van der Waals surface area contributed by atoms with E-state index in [1.54, 1.807) is 0 Å². The number of ether oxygens (including phenoxy) is 2. The fourth-order valence-electron chi connectivity index (χ4n) is 7.57. The van der Waals surface area contributed by atoms with Gasteiger partial charge in [0, 0.05) is 12.8 Å². The van der Waals surface area contributed by atoms with Crippen LogP contribution >= 0.6 is 0 Å². The van der Waals surface area contributed by atoms with Crippen molar-refractivity contribution in [3.8, 4) is 0 Å². The average Bonchev–Trinajstić information content (AvgIpc) is 3.44. The predicted octanol–water partition coefficient (Wildman–Crippen LogP) is 21.4. The van der Waals surface area contributed by atoms with Crippen LogP contribution < -0.4 is 0 Å². The number of aliphatic hydroxyl groups is 1. The van der Waals surface area contributed by atoms with E-state index in [4.69, 9.17) is 9.47 Å². The molecular weight excluding hydrogens is 957 g/mol. The van der Waals surface area contributed by atoms with Gasteiger partial charge < -0.3 is 14.6 Å². The Morgan fingerprint density at radius 3 is 0.808 bits per heavy atom.